The van der Waals surface area contributed by atoms with Crippen LogP contribution in [-0.2, 0) is 0 Å². The molecule has 2 aromatic carbocycles. The molecule has 1 aromatic heterocycles. The lowest BCUT2D eigenvalue weighted by molar-refractivity contribution is 0.0954. The van der Waals surface area contributed by atoms with Crippen LogP contribution in [-0.4, -0.2) is 18.0 Å². The fraction of sp³-hybridized carbons (Fsp3) is 0. The Hall–Kier alpha value is -3.74. The van der Waals surface area contributed by atoms with Crippen LogP contribution in [0.2, 0.25) is 0 Å². The highest BCUT2D eigenvalue weighted by atomic mass is 19.1. The number of benzene rings is 2. The van der Waals surface area contributed by atoms with E-state index in [2.05, 4.69) is 15.8 Å². The lowest BCUT2D eigenvalue weighted by atomic mass is 10.1. The number of rotatable bonds is 5. The van der Waals surface area contributed by atoms with E-state index in [0.717, 1.165) is 0 Å². The molecule has 7 heteroatoms. The van der Waals surface area contributed by atoms with Gasteiger partial charge >= 0.3 is 0 Å². The molecule has 3 aromatic rings. The van der Waals surface area contributed by atoms with Crippen LogP contribution in [0.3, 0.4) is 0 Å². The van der Waals surface area contributed by atoms with Crippen LogP contribution in [0.15, 0.2) is 76.4 Å². The van der Waals surface area contributed by atoms with Gasteiger partial charge in [-0.25, -0.2) is 9.82 Å². The summed E-state index contributed by atoms with van der Waals surface area (Å²) in [5.41, 5.74) is 3.60. The Balaban J connectivity index is 1.58. The summed E-state index contributed by atoms with van der Waals surface area (Å²) in [5.74, 6) is -0.662. The topological polar surface area (TPSA) is 83.7 Å². The first-order valence-corrected chi connectivity index (χ1v) is 7.66. The van der Waals surface area contributed by atoms with Gasteiger partial charge in [-0.05, 0) is 60.7 Å². The van der Waals surface area contributed by atoms with Gasteiger partial charge in [-0.2, -0.15) is 5.10 Å². The molecule has 2 N–H and O–H groups in total. The van der Waals surface area contributed by atoms with E-state index < -0.39 is 11.7 Å². The van der Waals surface area contributed by atoms with E-state index in [9.17, 15) is 14.0 Å². The van der Waals surface area contributed by atoms with Gasteiger partial charge < -0.3 is 9.73 Å². The third-order valence-corrected chi connectivity index (χ3v) is 3.41. The van der Waals surface area contributed by atoms with Gasteiger partial charge in [-0.1, -0.05) is 0 Å². The molecule has 0 radical (unpaired) electrons. The molecular formula is C19H14FN3O3. The van der Waals surface area contributed by atoms with E-state index in [1.807, 2.05) is 0 Å². The minimum Gasteiger partial charge on any atom is -0.463 e. The molecule has 6 nitrogen and oxygen atoms in total. The number of hydrogen-bond acceptors (Lipinski definition) is 4. The summed E-state index contributed by atoms with van der Waals surface area (Å²) in [6, 6.07) is 14.9. The quantitative estimate of drug-likeness (QED) is 0.546. The zero-order valence-electron chi connectivity index (χ0n) is 13.5. The maximum absolute atomic E-state index is 12.9. The first-order chi connectivity index (χ1) is 12.6. The van der Waals surface area contributed by atoms with Gasteiger partial charge in [-0.3, -0.25) is 9.59 Å². The van der Waals surface area contributed by atoms with E-state index in [1.54, 1.807) is 36.4 Å². The van der Waals surface area contributed by atoms with E-state index in [1.165, 1.54) is 36.7 Å². The Kier molecular flexibility index (Phi) is 5.19. The Bertz CT molecular complexity index is 918. The van der Waals surface area contributed by atoms with Gasteiger partial charge in [0.15, 0.2) is 0 Å². The van der Waals surface area contributed by atoms with Crippen molar-refractivity contribution < 1.29 is 18.4 Å². The number of amides is 2. The third-order valence-electron chi connectivity index (χ3n) is 3.41. The molecule has 26 heavy (non-hydrogen) atoms. The average molecular weight is 351 g/mol. The van der Waals surface area contributed by atoms with Crippen molar-refractivity contribution in [2.45, 2.75) is 0 Å². The van der Waals surface area contributed by atoms with Crippen molar-refractivity contribution in [2.24, 2.45) is 5.10 Å². The summed E-state index contributed by atoms with van der Waals surface area (Å²) >= 11 is 0. The van der Waals surface area contributed by atoms with Gasteiger partial charge in [0, 0.05) is 16.8 Å². The number of hydrazone groups is 1. The second-order valence-corrected chi connectivity index (χ2v) is 5.25. The van der Waals surface area contributed by atoms with Crippen molar-refractivity contribution in [1.82, 2.24) is 5.43 Å². The zero-order chi connectivity index (χ0) is 18.4. The van der Waals surface area contributed by atoms with Crippen molar-refractivity contribution in [3.05, 3.63) is 89.6 Å². The normalized spacial score (nSPS) is 10.7. The van der Waals surface area contributed by atoms with Gasteiger partial charge in [0.25, 0.3) is 11.8 Å². The van der Waals surface area contributed by atoms with Crippen LogP contribution in [0, 0.1) is 5.82 Å². The molecule has 0 aliphatic carbocycles. The minimum atomic E-state index is -0.411. The highest BCUT2D eigenvalue weighted by molar-refractivity contribution is 6.04. The van der Waals surface area contributed by atoms with Crippen molar-refractivity contribution in [3.63, 3.8) is 0 Å². The van der Waals surface area contributed by atoms with Crippen LogP contribution in [0.25, 0.3) is 0 Å². The molecule has 0 fully saturated rings. The first kappa shape index (κ1) is 17.1. The summed E-state index contributed by atoms with van der Waals surface area (Å²) < 4.78 is 17.9. The van der Waals surface area contributed by atoms with Crippen LogP contribution < -0.4 is 10.7 Å². The lowest BCUT2D eigenvalue weighted by Gasteiger charge is -2.06. The van der Waals surface area contributed by atoms with Crippen LogP contribution in [0.4, 0.5) is 10.1 Å². The summed E-state index contributed by atoms with van der Waals surface area (Å²) in [7, 11) is 0. The number of nitrogens with zero attached hydrogens (tertiary/aromatic N) is 1. The number of carbonyl (C=O) groups excluding carboxylic acids is 2. The molecule has 130 valence electrons. The van der Waals surface area contributed by atoms with Crippen molar-refractivity contribution in [3.8, 4) is 0 Å². The largest absolute Gasteiger partial charge is 0.463 e. The molecule has 2 amide bonds. The van der Waals surface area contributed by atoms with Gasteiger partial charge in [0.1, 0.15) is 11.6 Å². The molecule has 1 heterocycles. The molecule has 0 unspecified atom stereocenters. The van der Waals surface area contributed by atoms with Crippen molar-refractivity contribution in [2.75, 3.05) is 5.32 Å². The van der Waals surface area contributed by atoms with E-state index >= 15 is 0 Å². The van der Waals surface area contributed by atoms with Crippen LogP contribution in [0.1, 0.15) is 26.5 Å². The number of carbonyl (C=O) groups is 2. The van der Waals surface area contributed by atoms with Crippen LogP contribution >= 0.6 is 0 Å². The standard InChI is InChI=1S/C19H14FN3O3/c20-15-7-3-13(4-8-15)18(24)22-16-9-5-14(6-10-16)19(25)23-21-12-17-2-1-11-26-17/h1-12H,(H,22,24)(H,23,25)/b21-12-. The molecule has 3 rings (SSSR count). The molecular weight excluding hydrogens is 337 g/mol. The van der Waals surface area contributed by atoms with E-state index in [4.69, 9.17) is 4.42 Å². The van der Waals surface area contributed by atoms with Gasteiger partial charge in [0.05, 0.1) is 12.5 Å². The Morgan fingerprint density at radius 3 is 2.23 bits per heavy atom. The highest BCUT2D eigenvalue weighted by Crippen LogP contribution is 2.12. The smallest absolute Gasteiger partial charge is 0.271 e. The number of anilines is 1. The fourth-order valence-corrected chi connectivity index (χ4v) is 2.09. The SMILES string of the molecule is O=C(N/N=C\c1ccco1)c1ccc(NC(=O)c2ccc(F)cc2)cc1. The second kappa shape index (κ2) is 7.89. The fourth-order valence-electron chi connectivity index (χ4n) is 2.09. The minimum absolute atomic E-state index is 0.334. The lowest BCUT2D eigenvalue weighted by Crippen LogP contribution is -2.17. The molecule has 0 saturated heterocycles. The number of halogens is 1. The number of nitrogens with one attached hydrogen (secondary N) is 2. The maximum atomic E-state index is 12.9. The summed E-state index contributed by atoms with van der Waals surface area (Å²) in [6.07, 6.45) is 2.89. The first-order valence-electron chi connectivity index (χ1n) is 7.66. The Morgan fingerprint density at radius 1 is 0.923 bits per heavy atom. The summed E-state index contributed by atoms with van der Waals surface area (Å²) in [5, 5.41) is 6.46. The molecule has 0 saturated carbocycles. The third kappa shape index (κ3) is 4.41. The van der Waals surface area contributed by atoms with Crippen molar-refractivity contribution in [1.29, 1.82) is 0 Å². The second-order valence-electron chi connectivity index (χ2n) is 5.25. The van der Waals surface area contributed by atoms with Crippen molar-refractivity contribution >= 4 is 23.7 Å². The number of furan rings is 1. The average Bonchev–Trinajstić information content (AvgIpc) is 3.16. The molecule has 0 bridgehead atoms. The van der Waals surface area contributed by atoms with Gasteiger partial charge in [-0.15, -0.1) is 0 Å². The highest BCUT2D eigenvalue weighted by Gasteiger charge is 2.08. The molecule has 0 aliphatic heterocycles. The summed E-state index contributed by atoms with van der Waals surface area (Å²) in [6.45, 7) is 0. The summed E-state index contributed by atoms with van der Waals surface area (Å²) in [4.78, 5) is 24.0. The molecule has 0 atom stereocenters. The Morgan fingerprint density at radius 2 is 1.58 bits per heavy atom. The van der Waals surface area contributed by atoms with E-state index in [0.29, 0.717) is 22.6 Å². The van der Waals surface area contributed by atoms with Gasteiger partial charge in [0.2, 0.25) is 0 Å². The Labute approximate surface area is 148 Å². The number of hydrogen-bond donors (Lipinski definition) is 2. The predicted molar refractivity (Wildman–Crippen MR) is 94.6 cm³/mol. The predicted octanol–water partition coefficient (Wildman–Crippen LogP) is 3.43. The zero-order valence-corrected chi connectivity index (χ0v) is 13.5. The maximum Gasteiger partial charge on any atom is 0.271 e. The van der Waals surface area contributed by atoms with E-state index in [-0.39, 0.29) is 5.91 Å². The molecule has 0 spiro atoms. The molecule has 0 aliphatic rings. The van der Waals surface area contributed by atoms with Crippen LogP contribution in [0.5, 0.6) is 0 Å². The monoisotopic (exact) mass is 351 g/mol.